The highest BCUT2D eigenvalue weighted by atomic mass is 35.5. The summed E-state index contributed by atoms with van der Waals surface area (Å²) >= 11 is 6.58. The smallest absolute Gasteiger partial charge is 0.255 e. The zero-order valence-corrected chi connectivity index (χ0v) is 16.6. The number of rotatable bonds is 3. The normalized spacial score (nSPS) is 16.0. The Bertz CT molecular complexity index is 1020. The van der Waals surface area contributed by atoms with Crippen molar-refractivity contribution in [1.82, 2.24) is 10.3 Å². The summed E-state index contributed by atoms with van der Waals surface area (Å²) in [6.07, 6.45) is 2.36. The summed E-state index contributed by atoms with van der Waals surface area (Å²) in [5.74, 6) is 0.337. The van der Waals surface area contributed by atoms with Crippen LogP contribution in [0, 0.1) is 6.92 Å². The minimum Gasteiger partial charge on any atom is -0.486 e. The van der Waals surface area contributed by atoms with Crippen LogP contribution in [0.3, 0.4) is 0 Å². The maximum atomic E-state index is 12.5. The van der Waals surface area contributed by atoms with Crippen LogP contribution in [0.4, 0.5) is 0 Å². The first-order valence-corrected chi connectivity index (χ1v) is 9.68. The molecule has 1 aromatic heterocycles. The van der Waals surface area contributed by atoms with Gasteiger partial charge in [0.05, 0.1) is 22.8 Å². The number of fused-ring (bicyclic) bond motifs is 1. The summed E-state index contributed by atoms with van der Waals surface area (Å²) in [5, 5.41) is 3.40. The lowest BCUT2D eigenvalue weighted by molar-refractivity contribution is 0.0952. The second-order valence-electron chi connectivity index (χ2n) is 7.08. The second-order valence-corrected chi connectivity index (χ2v) is 7.46. The molecule has 5 heteroatoms. The monoisotopic (exact) mass is 392 g/mol. The zero-order valence-electron chi connectivity index (χ0n) is 15.8. The van der Waals surface area contributed by atoms with Crippen LogP contribution in [0.25, 0.3) is 11.3 Å². The predicted octanol–water partition coefficient (Wildman–Crippen LogP) is 4.81. The first-order valence-electron chi connectivity index (χ1n) is 9.30. The van der Waals surface area contributed by atoms with Crippen LogP contribution in [-0.2, 0) is 6.42 Å². The fourth-order valence-corrected chi connectivity index (χ4v) is 3.63. The third kappa shape index (κ3) is 3.60. The molecule has 0 bridgehead atoms. The van der Waals surface area contributed by atoms with Crippen molar-refractivity contribution in [3.05, 3.63) is 82.0 Å². The molecule has 0 saturated carbocycles. The number of ether oxygens (including phenoxy) is 1. The van der Waals surface area contributed by atoms with Gasteiger partial charge in [-0.2, -0.15) is 0 Å². The molecule has 1 atom stereocenters. The summed E-state index contributed by atoms with van der Waals surface area (Å²) in [6, 6.07) is 16.1. The Balaban J connectivity index is 1.65. The SMILES string of the molecule is Cc1c(Cc2ccc(-c3ccccn3)cc2)cc2c(c1Cl)O[C@@H](C)CNC2=O. The Morgan fingerprint density at radius 3 is 2.71 bits per heavy atom. The Hall–Kier alpha value is -2.85. The number of halogens is 1. The third-order valence-corrected chi connectivity index (χ3v) is 5.45. The number of benzene rings is 2. The van der Waals surface area contributed by atoms with Crippen molar-refractivity contribution in [2.75, 3.05) is 6.54 Å². The van der Waals surface area contributed by atoms with Gasteiger partial charge in [0.25, 0.3) is 5.91 Å². The average Bonchev–Trinajstić information content (AvgIpc) is 2.86. The molecular weight excluding hydrogens is 372 g/mol. The Kier molecular flexibility index (Phi) is 5.05. The van der Waals surface area contributed by atoms with Gasteiger partial charge in [0, 0.05) is 11.8 Å². The van der Waals surface area contributed by atoms with E-state index in [9.17, 15) is 4.79 Å². The highest BCUT2D eigenvalue weighted by Crippen LogP contribution is 2.37. The van der Waals surface area contributed by atoms with E-state index >= 15 is 0 Å². The number of pyridine rings is 1. The number of aromatic nitrogens is 1. The maximum absolute atomic E-state index is 12.5. The lowest BCUT2D eigenvalue weighted by Crippen LogP contribution is -2.29. The number of hydrogen-bond acceptors (Lipinski definition) is 3. The topological polar surface area (TPSA) is 51.2 Å². The molecule has 0 saturated heterocycles. The molecule has 1 aliphatic rings. The maximum Gasteiger partial charge on any atom is 0.255 e. The molecule has 142 valence electrons. The van der Waals surface area contributed by atoms with E-state index in [4.69, 9.17) is 16.3 Å². The van der Waals surface area contributed by atoms with Crippen LogP contribution in [0.15, 0.2) is 54.7 Å². The fraction of sp³-hybridized carbons (Fsp3) is 0.217. The summed E-state index contributed by atoms with van der Waals surface area (Å²) in [4.78, 5) is 16.8. The number of carbonyl (C=O) groups is 1. The van der Waals surface area contributed by atoms with Gasteiger partial charge in [-0.15, -0.1) is 0 Å². The molecule has 0 unspecified atom stereocenters. The molecule has 0 aliphatic carbocycles. The van der Waals surface area contributed by atoms with Crippen molar-refractivity contribution < 1.29 is 9.53 Å². The van der Waals surface area contributed by atoms with Crippen molar-refractivity contribution in [3.63, 3.8) is 0 Å². The number of nitrogens with zero attached hydrogens (tertiary/aromatic N) is 1. The summed E-state index contributed by atoms with van der Waals surface area (Å²) in [6.45, 7) is 4.35. The van der Waals surface area contributed by atoms with E-state index in [2.05, 4.69) is 34.6 Å². The van der Waals surface area contributed by atoms with Gasteiger partial charge in [-0.25, -0.2) is 0 Å². The van der Waals surface area contributed by atoms with Gasteiger partial charge in [0.1, 0.15) is 6.10 Å². The Labute approximate surface area is 169 Å². The average molecular weight is 393 g/mol. The standard InChI is InChI=1S/C23H21ClN2O2/c1-14-13-26-23(27)19-12-18(15(2)21(24)22(19)28-14)11-16-6-8-17(9-7-16)20-5-3-4-10-25-20/h3-10,12,14H,11,13H2,1-2H3,(H,26,27)/t14-/m0/s1. The molecule has 3 aromatic rings. The van der Waals surface area contributed by atoms with Crippen molar-refractivity contribution in [2.24, 2.45) is 0 Å². The number of nitrogens with one attached hydrogen (secondary N) is 1. The first kappa shape index (κ1) is 18.5. The fourth-order valence-electron chi connectivity index (χ4n) is 3.37. The second kappa shape index (κ2) is 7.64. The summed E-state index contributed by atoms with van der Waals surface area (Å²) < 4.78 is 5.89. The van der Waals surface area contributed by atoms with E-state index in [0.717, 1.165) is 27.9 Å². The minimum absolute atomic E-state index is 0.118. The molecule has 1 aliphatic heterocycles. The molecule has 2 heterocycles. The van der Waals surface area contributed by atoms with E-state index in [-0.39, 0.29) is 12.0 Å². The molecular formula is C23H21ClN2O2. The molecule has 28 heavy (non-hydrogen) atoms. The Morgan fingerprint density at radius 1 is 1.21 bits per heavy atom. The van der Waals surface area contributed by atoms with Gasteiger partial charge in [-0.1, -0.05) is 41.9 Å². The molecule has 0 spiro atoms. The molecule has 4 rings (SSSR count). The van der Waals surface area contributed by atoms with Crippen LogP contribution in [0.5, 0.6) is 5.75 Å². The molecule has 4 nitrogen and oxygen atoms in total. The van der Waals surface area contributed by atoms with Gasteiger partial charge in [-0.3, -0.25) is 9.78 Å². The van der Waals surface area contributed by atoms with Crippen molar-refractivity contribution >= 4 is 17.5 Å². The van der Waals surface area contributed by atoms with Gasteiger partial charge in [0.2, 0.25) is 0 Å². The van der Waals surface area contributed by atoms with Crippen LogP contribution in [-0.4, -0.2) is 23.5 Å². The zero-order chi connectivity index (χ0) is 19.7. The number of amides is 1. The van der Waals surface area contributed by atoms with Gasteiger partial charge in [0.15, 0.2) is 5.75 Å². The molecule has 1 N–H and O–H groups in total. The quantitative estimate of drug-likeness (QED) is 0.695. The van der Waals surface area contributed by atoms with E-state index in [0.29, 0.717) is 29.3 Å². The van der Waals surface area contributed by atoms with Crippen molar-refractivity contribution in [1.29, 1.82) is 0 Å². The predicted molar refractivity (Wildman–Crippen MR) is 111 cm³/mol. The minimum atomic E-state index is -0.145. The summed E-state index contributed by atoms with van der Waals surface area (Å²) in [5.41, 5.74) is 5.62. The first-order chi connectivity index (χ1) is 13.5. The number of hydrogen-bond donors (Lipinski definition) is 1. The highest BCUT2D eigenvalue weighted by Gasteiger charge is 2.25. The van der Waals surface area contributed by atoms with E-state index in [1.165, 1.54) is 0 Å². The molecule has 0 radical (unpaired) electrons. The summed E-state index contributed by atoms with van der Waals surface area (Å²) in [7, 11) is 0. The van der Waals surface area contributed by atoms with E-state index in [1.54, 1.807) is 6.20 Å². The van der Waals surface area contributed by atoms with E-state index in [1.807, 2.05) is 38.1 Å². The van der Waals surface area contributed by atoms with Crippen LogP contribution >= 0.6 is 11.6 Å². The lowest BCUT2D eigenvalue weighted by atomic mass is 9.96. The molecule has 2 aromatic carbocycles. The highest BCUT2D eigenvalue weighted by molar-refractivity contribution is 6.33. The number of carbonyl (C=O) groups excluding carboxylic acids is 1. The van der Waals surface area contributed by atoms with Gasteiger partial charge in [-0.05, 0) is 55.2 Å². The van der Waals surface area contributed by atoms with Crippen molar-refractivity contribution in [3.8, 4) is 17.0 Å². The van der Waals surface area contributed by atoms with Crippen LogP contribution in [0.1, 0.15) is 34.0 Å². The van der Waals surface area contributed by atoms with E-state index < -0.39 is 0 Å². The Morgan fingerprint density at radius 2 is 2.00 bits per heavy atom. The molecule has 1 amide bonds. The van der Waals surface area contributed by atoms with Gasteiger partial charge >= 0.3 is 0 Å². The van der Waals surface area contributed by atoms with Crippen molar-refractivity contribution in [2.45, 2.75) is 26.4 Å². The lowest BCUT2D eigenvalue weighted by Gasteiger charge is -2.17. The van der Waals surface area contributed by atoms with Crippen LogP contribution < -0.4 is 10.1 Å². The van der Waals surface area contributed by atoms with Gasteiger partial charge < -0.3 is 10.1 Å². The largest absolute Gasteiger partial charge is 0.486 e. The van der Waals surface area contributed by atoms with Crippen LogP contribution in [0.2, 0.25) is 5.02 Å². The molecule has 0 fully saturated rings. The third-order valence-electron chi connectivity index (χ3n) is 5.00.